The molecule has 5 nitrogen and oxygen atoms in total. The minimum atomic E-state index is -0.222. The third-order valence-electron chi connectivity index (χ3n) is 4.40. The quantitative estimate of drug-likeness (QED) is 0.487. The van der Waals surface area contributed by atoms with Gasteiger partial charge in [-0.2, -0.15) is 0 Å². The molecule has 0 saturated carbocycles. The van der Waals surface area contributed by atoms with Gasteiger partial charge in [-0.05, 0) is 65.9 Å². The highest BCUT2D eigenvalue weighted by Gasteiger charge is 2.12. The largest absolute Gasteiger partial charge is 0.399 e. The van der Waals surface area contributed by atoms with Crippen molar-refractivity contribution in [2.45, 2.75) is 6.92 Å². The summed E-state index contributed by atoms with van der Waals surface area (Å²) in [5.41, 5.74) is 10.2. The van der Waals surface area contributed by atoms with Crippen molar-refractivity contribution < 1.29 is 0 Å². The number of H-pyrrole nitrogens is 2. The number of pyridine rings is 2. The van der Waals surface area contributed by atoms with Crippen molar-refractivity contribution in [1.29, 1.82) is 0 Å². The lowest BCUT2D eigenvalue weighted by molar-refractivity contribution is 1.24. The smallest absolute Gasteiger partial charge is 0.256 e. The maximum absolute atomic E-state index is 12.7. The molecule has 0 aliphatic carbocycles. The number of aromatic nitrogens is 2. The Morgan fingerprint density at radius 2 is 1.69 bits per heavy atom. The van der Waals surface area contributed by atoms with Gasteiger partial charge in [0.25, 0.3) is 11.1 Å². The Bertz CT molecular complexity index is 1250. The van der Waals surface area contributed by atoms with Crippen LogP contribution in [0.15, 0.2) is 70.4 Å². The van der Waals surface area contributed by atoms with E-state index in [0.717, 1.165) is 16.5 Å². The number of nitrogens with two attached hydrogens (primary N) is 1. The Labute approximate surface area is 149 Å². The third kappa shape index (κ3) is 2.69. The molecule has 4 aromatic rings. The van der Waals surface area contributed by atoms with Crippen LogP contribution in [0.1, 0.15) is 5.56 Å². The first kappa shape index (κ1) is 15.9. The molecule has 0 atom stereocenters. The van der Waals surface area contributed by atoms with E-state index in [9.17, 15) is 9.59 Å². The molecule has 0 unspecified atom stereocenters. The van der Waals surface area contributed by atoms with Gasteiger partial charge in [0.15, 0.2) is 0 Å². The van der Waals surface area contributed by atoms with Crippen LogP contribution in [0, 0.1) is 6.92 Å². The first-order chi connectivity index (χ1) is 12.5. The summed E-state index contributed by atoms with van der Waals surface area (Å²) in [5, 5.41) is 0.861. The first-order valence-electron chi connectivity index (χ1n) is 8.24. The van der Waals surface area contributed by atoms with Crippen molar-refractivity contribution >= 4 is 16.6 Å². The summed E-state index contributed by atoms with van der Waals surface area (Å²) in [6, 6.07) is 16.5. The first-order valence-corrected chi connectivity index (χ1v) is 8.24. The molecular weight excluding hydrogens is 326 g/mol. The summed E-state index contributed by atoms with van der Waals surface area (Å²) in [6.45, 7) is 1.96. The number of fused-ring (bicyclic) bond motifs is 1. The number of benzene rings is 2. The lowest BCUT2D eigenvalue weighted by Gasteiger charge is -2.10. The Hall–Kier alpha value is -3.60. The van der Waals surface area contributed by atoms with Crippen LogP contribution in [0.5, 0.6) is 0 Å². The number of nitrogens with one attached hydrogen (secondary N) is 2. The van der Waals surface area contributed by atoms with Gasteiger partial charge in [-0.3, -0.25) is 9.59 Å². The van der Waals surface area contributed by atoms with Gasteiger partial charge in [-0.25, -0.2) is 0 Å². The van der Waals surface area contributed by atoms with E-state index in [2.05, 4.69) is 9.97 Å². The molecule has 0 aliphatic rings. The van der Waals surface area contributed by atoms with Crippen molar-refractivity contribution in [3.8, 4) is 22.3 Å². The van der Waals surface area contributed by atoms with Crippen LogP contribution in [-0.2, 0) is 0 Å². The van der Waals surface area contributed by atoms with Crippen LogP contribution in [0.25, 0.3) is 33.2 Å². The fourth-order valence-electron chi connectivity index (χ4n) is 3.24. The fraction of sp³-hybridized carbons (Fsp3) is 0.0476. The predicted molar refractivity (Wildman–Crippen MR) is 105 cm³/mol. The van der Waals surface area contributed by atoms with Crippen molar-refractivity contribution in [2.24, 2.45) is 0 Å². The zero-order chi connectivity index (χ0) is 18.3. The lowest BCUT2D eigenvalue weighted by atomic mass is 9.98. The third-order valence-corrected chi connectivity index (χ3v) is 4.40. The highest BCUT2D eigenvalue weighted by Crippen LogP contribution is 2.28. The highest BCUT2D eigenvalue weighted by atomic mass is 16.1. The maximum atomic E-state index is 12.7. The van der Waals surface area contributed by atoms with E-state index in [1.54, 1.807) is 30.5 Å². The molecule has 0 aliphatic heterocycles. The Morgan fingerprint density at radius 1 is 0.846 bits per heavy atom. The van der Waals surface area contributed by atoms with Gasteiger partial charge in [0, 0.05) is 28.6 Å². The summed E-state index contributed by atoms with van der Waals surface area (Å²) < 4.78 is 0. The number of hydrogen-bond acceptors (Lipinski definition) is 3. The molecule has 2 heterocycles. The molecule has 0 saturated heterocycles. The molecule has 128 valence electrons. The van der Waals surface area contributed by atoms with Gasteiger partial charge < -0.3 is 15.7 Å². The number of anilines is 1. The lowest BCUT2D eigenvalue weighted by Crippen LogP contribution is -2.12. The molecule has 0 spiro atoms. The summed E-state index contributed by atoms with van der Waals surface area (Å²) in [6.07, 6.45) is 1.59. The second kappa shape index (κ2) is 6.04. The summed E-state index contributed by atoms with van der Waals surface area (Å²) in [5.74, 6) is 0. The van der Waals surface area contributed by atoms with E-state index >= 15 is 0 Å². The molecule has 5 heteroatoms. The Balaban J connectivity index is 2.04. The zero-order valence-electron chi connectivity index (χ0n) is 14.2. The van der Waals surface area contributed by atoms with E-state index in [4.69, 9.17) is 5.73 Å². The summed E-state index contributed by atoms with van der Waals surface area (Å²) in [4.78, 5) is 30.6. The fourth-order valence-corrected chi connectivity index (χ4v) is 3.24. The normalized spacial score (nSPS) is 11.0. The summed E-state index contributed by atoms with van der Waals surface area (Å²) >= 11 is 0. The summed E-state index contributed by atoms with van der Waals surface area (Å²) in [7, 11) is 0. The molecule has 0 bridgehead atoms. The topological polar surface area (TPSA) is 91.7 Å². The van der Waals surface area contributed by atoms with E-state index < -0.39 is 0 Å². The molecule has 4 N–H and O–H groups in total. The molecule has 2 aromatic heterocycles. The Kier molecular flexibility index (Phi) is 3.69. The van der Waals surface area contributed by atoms with Crippen LogP contribution in [-0.4, -0.2) is 9.97 Å². The van der Waals surface area contributed by atoms with Crippen LogP contribution in [0.3, 0.4) is 0 Å². The van der Waals surface area contributed by atoms with Crippen molar-refractivity contribution in [3.63, 3.8) is 0 Å². The molecule has 0 fully saturated rings. The van der Waals surface area contributed by atoms with Crippen molar-refractivity contribution in [3.05, 3.63) is 87.1 Å². The molecular formula is C21H17N3O2. The number of rotatable bonds is 2. The molecule has 26 heavy (non-hydrogen) atoms. The van der Waals surface area contributed by atoms with Crippen LogP contribution in [0.4, 0.5) is 5.69 Å². The molecule has 0 amide bonds. The molecule has 2 aromatic carbocycles. The maximum Gasteiger partial charge on any atom is 0.256 e. The monoisotopic (exact) mass is 343 g/mol. The van der Waals surface area contributed by atoms with E-state index in [-0.39, 0.29) is 11.1 Å². The average molecular weight is 343 g/mol. The van der Waals surface area contributed by atoms with Crippen molar-refractivity contribution in [1.82, 2.24) is 9.97 Å². The van der Waals surface area contributed by atoms with Gasteiger partial charge in [-0.15, -0.1) is 0 Å². The number of aromatic amines is 2. The van der Waals surface area contributed by atoms with Crippen LogP contribution >= 0.6 is 0 Å². The van der Waals surface area contributed by atoms with E-state index in [1.165, 1.54) is 0 Å². The van der Waals surface area contributed by atoms with E-state index in [1.807, 2.05) is 37.3 Å². The van der Waals surface area contributed by atoms with Gasteiger partial charge in [0.2, 0.25) is 0 Å². The van der Waals surface area contributed by atoms with Gasteiger partial charge >= 0.3 is 0 Å². The molecule has 4 rings (SSSR count). The minimum absolute atomic E-state index is 0.194. The average Bonchev–Trinajstić information content (AvgIpc) is 2.61. The predicted octanol–water partition coefficient (Wildman–Crippen LogP) is 3.44. The second-order valence-electron chi connectivity index (χ2n) is 6.33. The van der Waals surface area contributed by atoms with Gasteiger partial charge in [0.05, 0.1) is 5.52 Å². The van der Waals surface area contributed by atoms with E-state index in [0.29, 0.717) is 27.9 Å². The van der Waals surface area contributed by atoms with Crippen molar-refractivity contribution in [2.75, 3.05) is 5.73 Å². The number of nitrogen functional groups attached to an aromatic ring is 1. The highest BCUT2D eigenvalue weighted by molar-refractivity contribution is 5.96. The van der Waals surface area contributed by atoms with Crippen LogP contribution < -0.4 is 16.9 Å². The van der Waals surface area contributed by atoms with Gasteiger partial charge in [-0.1, -0.05) is 12.1 Å². The molecule has 0 radical (unpaired) electrons. The number of aryl methyl sites for hydroxylation is 1. The zero-order valence-corrected chi connectivity index (χ0v) is 14.2. The van der Waals surface area contributed by atoms with Crippen LogP contribution in [0.2, 0.25) is 0 Å². The number of hydrogen-bond donors (Lipinski definition) is 3. The SMILES string of the molecule is Cc1cc(-c2ccc[nH]c2=O)c2[nH]c(=O)c(-c3cccc(N)c3)cc2c1. The standard InChI is InChI=1S/C21H17N3O2/c1-12-8-14-11-17(13-4-2-5-15(22)10-13)21(26)24-19(14)18(9-12)16-6-3-7-23-20(16)25/h2-11H,22H2,1H3,(H,23,25)(H,24,26). The van der Waals surface area contributed by atoms with Gasteiger partial charge in [0.1, 0.15) is 0 Å². The Morgan fingerprint density at radius 3 is 2.46 bits per heavy atom. The second-order valence-corrected chi connectivity index (χ2v) is 6.33. The minimum Gasteiger partial charge on any atom is -0.399 e.